The van der Waals surface area contributed by atoms with E-state index in [-0.39, 0.29) is 0 Å². The van der Waals surface area contributed by atoms with Crippen molar-refractivity contribution < 1.29 is 0 Å². The molecule has 3 nitrogen and oxygen atoms in total. The molecule has 1 unspecified atom stereocenters. The lowest BCUT2D eigenvalue weighted by atomic mass is 10.0. The zero-order chi connectivity index (χ0) is 13.0. The minimum atomic E-state index is 0.556. The van der Waals surface area contributed by atoms with E-state index in [1.54, 1.807) is 0 Å². The van der Waals surface area contributed by atoms with Crippen LogP contribution in [0.2, 0.25) is 0 Å². The Bertz CT molecular complexity index is 361. The minimum Gasteiger partial charge on any atom is -0.354 e. The van der Waals surface area contributed by atoms with Crippen molar-refractivity contribution in [3.8, 4) is 0 Å². The predicted octanol–water partition coefficient (Wildman–Crippen LogP) is 2.47. The summed E-state index contributed by atoms with van der Waals surface area (Å²) < 4.78 is 0. The molecule has 100 valence electrons. The molecule has 1 aromatic heterocycles. The third-order valence-electron chi connectivity index (χ3n) is 3.78. The van der Waals surface area contributed by atoms with Crippen LogP contribution in [-0.4, -0.2) is 30.7 Å². The van der Waals surface area contributed by atoms with Crippen LogP contribution in [0.15, 0.2) is 18.3 Å². The summed E-state index contributed by atoms with van der Waals surface area (Å²) in [6, 6.07) is 4.97. The molecule has 1 saturated heterocycles. The molecule has 3 heteroatoms. The molecule has 1 N–H and O–H groups in total. The fourth-order valence-corrected chi connectivity index (χ4v) is 2.41. The number of aromatic nitrogens is 1. The SMILES string of the molecule is CCC(C)Cc1ccc(N2CCN[C@H](C)C2)nc1. The number of nitrogens with zero attached hydrogens (tertiary/aromatic N) is 2. The first kappa shape index (κ1) is 13.3. The zero-order valence-corrected chi connectivity index (χ0v) is 11.8. The molecule has 0 radical (unpaired) electrons. The second kappa shape index (κ2) is 6.19. The summed E-state index contributed by atoms with van der Waals surface area (Å²) >= 11 is 0. The predicted molar refractivity (Wildman–Crippen MR) is 77.1 cm³/mol. The number of hydrogen-bond donors (Lipinski definition) is 1. The van der Waals surface area contributed by atoms with Gasteiger partial charge in [0.25, 0.3) is 0 Å². The van der Waals surface area contributed by atoms with E-state index in [1.807, 2.05) is 6.20 Å². The van der Waals surface area contributed by atoms with Crippen molar-refractivity contribution >= 4 is 5.82 Å². The molecule has 0 amide bonds. The van der Waals surface area contributed by atoms with Crippen LogP contribution in [0, 0.1) is 5.92 Å². The van der Waals surface area contributed by atoms with Gasteiger partial charge in [0.15, 0.2) is 0 Å². The van der Waals surface area contributed by atoms with Crippen LogP contribution in [0.25, 0.3) is 0 Å². The topological polar surface area (TPSA) is 28.2 Å². The maximum atomic E-state index is 4.62. The van der Waals surface area contributed by atoms with Crippen LogP contribution in [-0.2, 0) is 6.42 Å². The lowest BCUT2D eigenvalue weighted by Gasteiger charge is -2.32. The van der Waals surface area contributed by atoms with Gasteiger partial charge >= 0.3 is 0 Å². The fourth-order valence-electron chi connectivity index (χ4n) is 2.41. The van der Waals surface area contributed by atoms with E-state index in [9.17, 15) is 0 Å². The summed E-state index contributed by atoms with van der Waals surface area (Å²) in [6.07, 6.45) is 4.42. The zero-order valence-electron chi connectivity index (χ0n) is 11.8. The van der Waals surface area contributed by atoms with Gasteiger partial charge < -0.3 is 10.2 Å². The first-order chi connectivity index (χ1) is 8.69. The van der Waals surface area contributed by atoms with Gasteiger partial charge in [0.05, 0.1) is 0 Å². The summed E-state index contributed by atoms with van der Waals surface area (Å²) in [6.45, 7) is 9.93. The van der Waals surface area contributed by atoms with Gasteiger partial charge in [-0.05, 0) is 30.9 Å². The molecule has 0 aromatic carbocycles. The van der Waals surface area contributed by atoms with Gasteiger partial charge in [-0.25, -0.2) is 4.98 Å². The molecule has 0 bridgehead atoms. The van der Waals surface area contributed by atoms with Gasteiger partial charge in [0.2, 0.25) is 0 Å². The van der Waals surface area contributed by atoms with E-state index < -0.39 is 0 Å². The quantitative estimate of drug-likeness (QED) is 0.886. The average Bonchev–Trinajstić information content (AvgIpc) is 2.39. The summed E-state index contributed by atoms with van der Waals surface area (Å²) in [5.74, 6) is 1.87. The first-order valence-corrected chi connectivity index (χ1v) is 7.12. The number of anilines is 1. The molecule has 1 aliphatic rings. The van der Waals surface area contributed by atoms with Crippen molar-refractivity contribution in [3.63, 3.8) is 0 Å². The number of nitrogens with one attached hydrogen (secondary N) is 1. The molecular formula is C15H25N3. The molecule has 0 saturated carbocycles. The Balaban J connectivity index is 1.98. The van der Waals surface area contributed by atoms with Gasteiger partial charge in [-0.1, -0.05) is 26.3 Å². The second-order valence-electron chi connectivity index (χ2n) is 5.54. The van der Waals surface area contributed by atoms with Crippen LogP contribution in [0.5, 0.6) is 0 Å². The largest absolute Gasteiger partial charge is 0.354 e. The molecular weight excluding hydrogens is 222 g/mol. The summed E-state index contributed by atoms with van der Waals surface area (Å²) in [5.41, 5.74) is 1.36. The van der Waals surface area contributed by atoms with Gasteiger partial charge in [-0.15, -0.1) is 0 Å². The highest BCUT2D eigenvalue weighted by atomic mass is 15.2. The van der Waals surface area contributed by atoms with Crippen LogP contribution in [0.3, 0.4) is 0 Å². The van der Waals surface area contributed by atoms with Crippen molar-refractivity contribution in [1.82, 2.24) is 10.3 Å². The molecule has 1 aliphatic heterocycles. The van der Waals surface area contributed by atoms with E-state index in [1.165, 1.54) is 12.0 Å². The standard InChI is InChI=1S/C15H25N3/c1-4-12(2)9-14-5-6-15(17-10-14)18-8-7-16-13(3)11-18/h5-6,10,12-13,16H,4,7-9,11H2,1-3H3/t12?,13-/m1/s1. The lowest BCUT2D eigenvalue weighted by Crippen LogP contribution is -2.49. The highest BCUT2D eigenvalue weighted by molar-refractivity contribution is 5.40. The van der Waals surface area contributed by atoms with E-state index in [2.05, 4.69) is 48.1 Å². The Labute approximate surface area is 111 Å². The third kappa shape index (κ3) is 3.45. The normalized spacial score (nSPS) is 21.9. The number of rotatable bonds is 4. The Morgan fingerprint density at radius 2 is 2.33 bits per heavy atom. The van der Waals surface area contributed by atoms with Crippen molar-refractivity contribution in [1.29, 1.82) is 0 Å². The number of piperazine rings is 1. The van der Waals surface area contributed by atoms with Crippen molar-refractivity contribution in [2.75, 3.05) is 24.5 Å². The molecule has 2 atom stereocenters. The fraction of sp³-hybridized carbons (Fsp3) is 0.667. The molecule has 18 heavy (non-hydrogen) atoms. The maximum absolute atomic E-state index is 4.62. The van der Waals surface area contributed by atoms with Gasteiger partial charge in [-0.3, -0.25) is 0 Å². The molecule has 1 aromatic rings. The minimum absolute atomic E-state index is 0.556. The van der Waals surface area contributed by atoms with E-state index in [0.717, 1.165) is 37.8 Å². The van der Waals surface area contributed by atoms with Crippen molar-refractivity contribution in [3.05, 3.63) is 23.9 Å². The molecule has 2 heterocycles. The monoisotopic (exact) mass is 247 g/mol. The second-order valence-corrected chi connectivity index (χ2v) is 5.54. The Hall–Kier alpha value is -1.09. The van der Waals surface area contributed by atoms with E-state index in [4.69, 9.17) is 0 Å². The molecule has 0 aliphatic carbocycles. The lowest BCUT2D eigenvalue weighted by molar-refractivity contribution is 0.482. The maximum Gasteiger partial charge on any atom is 0.128 e. The van der Waals surface area contributed by atoms with Crippen LogP contribution in [0.4, 0.5) is 5.82 Å². The molecule has 2 rings (SSSR count). The van der Waals surface area contributed by atoms with Gasteiger partial charge in [0.1, 0.15) is 5.82 Å². The highest BCUT2D eigenvalue weighted by Gasteiger charge is 2.16. The Kier molecular flexibility index (Phi) is 4.59. The van der Waals surface area contributed by atoms with Gasteiger partial charge in [-0.2, -0.15) is 0 Å². The highest BCUT2D eigenvalue weighted by Crippen LogP contribution is 2.16. The van der Waals surface area contributed by atoms with E-state index >= 15 is 0 Å². The summed E-state index contributed by atoms with van der Waals surface area (Å²) in [5, 5.41) is 3.46. The van der Waals surface area contributed by atoms with Crippen LogP contribution >= 0.6 is 0 Å². The van der Waals surface area contributed by atoms with Crippen LogP contribution in [0.1, 0.15) is 32.8 Å². The summed E-state index contributed by atoms with van der Waals surface area (Å²) in [4.78, 5) is 6.99. The number of hydrogen-bond acceptors (Lipinski definition) is 3. The van der Waals surface area contributed by atoms with Crippen molar-refractivity contribution in [2.24, 2.45) is 5.92 Å². The van der Waals surface area contributed by atoms with E-state index in [0.29, 0.717) is 6.04 Å². The van der Waals surface area contributed by atoms with Crippen molar-refractivity contribution in [2.45, 2.75) is 39.7 Å². The Morgan fingerprint density at radius 3 is 2.94 bits per heavy atom. The van der Waals surface area contributed by atoms with Gasteiger partial charge in [0, 0.05) is 31.9 Å². The smallest absolute Gasteiger partial charge is 0.128 e. The number of pyridine rings is 1. The molecule has 1 fully saturated rings. The Morgan fingerprint density at radius 1 is 1.50 bits per heavy atom. The first-order valence-electron chi connectivity index (χ1n) is 7.12. The average molecular weight is 247 g/mol. The molecule has 0 spiro atoms. The third-order valence-corrected chi connectivity index (χ3v) is 3.78. The summed E-state index contributed by atoms with van der Waals surface area (Å²) in [7, 11) is 0. The van der Waals surface area contributed by atoms with Crippen LogP contribution < -0.4 is 10.2 Å².